The van der Waals surface area contributed by atoms with Crippen LogP contribution < -0.4 is 0 Å². The van der Waals surface area contributed by atoms with E-state index < -0.39 is 17.7 Å². The minimum absolute atomic E-state index is 0.0889. The molecule has 1 atom stereocenters. The number of likely N-dealkylation sites (tertiary alicyclic amines) is 1. The van der Waals surface area contributed by atoms with Gasteiger partial charge in [0.05, 0.1) is 11.6 Å². The molecule has 122 valence electrons. The van der Waals surface area contributed by atoms with Crippen LogP contribution in [-0.4, -0.2) is 28.7 Å². The van der Waals surface area contributed by atoms with E-state index in [1.165, 1.54) is 4.90 Å². The normalized spacial score (nSPS) is 19.8. The molecule has 0 unspecified atom stereocenters. The first-order valence-electron chi connectivity index (χ1n) is 7.16. The lowest BCUT2D eigenvalue weighted by Gasteiger charge is -2.21. The lowest BCUT2D eigenvalue weighted by atomic mass is 9.95. The molecule has 1 aliphatic rings. The third-order valence-corrected chi connectivity index (χ3v) is 4.95. The average Bonchev–Trinajstić information content (AvgIpc) is 2.80. The average molecular weight is 454 g/mol. The van der Waals surface area contributed by atoms with E-state index >= 15 is 0 Å². The van der Waals surface area contributed by atoms with Crippen LogP contribution in [0.25, 0.3) is 5.76 Å². The second kappa shape index (κ2) is 6.57. The highest BCUT2D eigenvalue weighted by Crippen LogP contribution is 2.38. The largest absolute Gasteiger partial charge is 0.507 e. The van der Waals surface area contributed by atoms with E-state index in [0.29, 0.717) is 10.6 Å². The van der Waals surface area contributed by atoms with Crippen LogP contribution in [0.15, 0.2) is 54.1 Å². The molecule has 0 aromatic heterocycles. The summed E-state index contributed by atoms with van der Waals surface area (Å²) >= 11 is 8.05. The van der Waals surface area contributed by atoms with Crippen molar-refractivity contribution in [3.05, 3.63) is 73.8 Å². The summed E-state index contributed by atoms with van der Waals surface area (Å²) in [6.45, 7) is 0. The van der Waals surface area contributed by atoms with E-state index in [2.05, 4.69) is 22.6 Å². The molecular formula is C18H13ClINO3. The van der Waals surface area contributed by atoms with Crippen LogP contribution >= 0.6 is 34.2 Å². The molecule has 4 nitrogen and oxygen atoms in total. The van der Waals surface area contributed by atoms with Crippen molar-refractivity contribution in [3.63, 3.8) is 0 Å². The van der Waals surface area contributed by atoms with Gasteiger partial charge in [-0.1, -0.05) is 23.7 Å². The molecule has 3 rings (SSSR count). The SMILES string of the molecule is CN1C(=O)C(=O)C(=C(O)c2ccc(Cl)cc2)[C@@H]1c1ccc(I)cc1. The van der Waals surface area contributed by atoms with Gasteiger partial charge in [0.1, 0.15) is 5.76 Å². The summed E-state index contributed by atoms with van der Waals surface area (Å²) in [5, 5.41) is 11.2. The van der Waals surface area contributed by atoms with Crippen LogP contribution in [0.4, 0.5) is 0 Å². The highest BCUT2D eigenvalue weighted by molar-refractivity contribution is 14.1. The van der Waals surface area contributed by atoms with E-state index in [0.717, 1.165) is 9.13 Å². The highest BCUT2D eigenvalue weighted by atomic mass is 127. The summed E-state index contributed by atoms with van der Waals surface area (Å²) in [5.74, 6) is -1.51. The summed E-state index contributed by atoms with van der Waals surface area (Å²) in [6.07, 6.45) is 0. The zero-order valence-electron chi connectivity index (χ0n) is 12.7. The highest BCUT2D eigenvalue weighted by Gasteiger charge is 2.44. The molecule has 2 aromatic carbocycles. The summed E-state index contributed by atoms with van der Waals surface area (Å²) < 4.78 is 1.04. The van der Waals surface area contributed by atoms with Gasteiger partial charge in [0, 0.05) is 21.2 Å². The Morgan fingerprint density at radius 2 is 1.67 bits per heavy atom. The topological polar surface area (TPSA) is 57.6 Å². The number of aliphatic hydroxyl groups excluding tert-OH is 1. The first-order chi connectivity index (χ1) is 11.4. The van der Waals surface area contributed by atoms with E-state index in [1.807, 2.05) is 24.3 Å². The molecular weight excluding hydrogens is 441 g/mol. The molecule has 0 aliphatic carbocycles. The maximum Gasteiger partial charge on any atom is 0.295 e. The maximum atomic E-state index is 12.4. The molecule has 6 heteroatoms. The molecule has 0 saturated carbocycles. The fraction of sp³-hybridized carbons (Fsp3) is 0.111. The third kappa shape index (κ3) is 2.93. The monoisotopic (exact) mass is 453 g/mol. The van der Waals surface area contributed by atoms with Gasteiger partial charge in [-0.15, -0.1) is 0 Å². The number of likely N-dealkylation sites (N-methyl/N-ethyl adjacent to an activating group) is 1. The van der Waals surface area contributed by atoms with Gasteiger partial charge < -0.3 is 10.0 Å². The Morgan fingerprint density at radius 1 is 1.08 bits per heavy atom. The third-order valence-electron chi connectivity index (χ3n) is 3.98. The first-order valence-corrected chi connectivity index (χ1v) is 8.62. The van der Waals surface area contributed by atoms with Crippen molar-refractivity contribution in [1.29, 1.82) is 0 Å². The number of aliphatic hydroxyl groups is 1. The number of carbonyl (C=O) groups excluding carboxylic acids is 2. The van der Waals surface area contributed by atoms with Crippen LogP contribution in [0.5, 0.6) is 0 Å². The molecule has 24 heavy (non-hydrogen) atoms. The molecule has 1 aliphatic heterocycles. The van der Waals surface area contributed by atoms with Gasteiger partial charge in [-0.25, -0.2) is 0 Å². The number of nitrogens with zero attached hydrogens (tertiary/aromatic N) is 1. The Morgan fingerprint density at radius 3 is 2.25 bits per heavy atom. The van der Waals surface area contributed by atoms with E-state index in [4.69, 9.17) is 11.6 Å². The van der Waals surface area contributed by atoms with Gasteiger partial charge in [-0.2, -0.15) is 0 Å². The van der Waals surface area contributed by atoms with E-state index in [9.17, 15) is 14.7 Å². The summed E-state index contributed by atoms with van der Waals surface area (Å²) in [7, 11) is 1.56. The number of hydrogen-bond acceptors (Lipinski definition) is 3. The number of amides is 1. The lowest BCUT2D eigenvalue weighted by molar-refractivity contribution is -0.139. The van der Waals surface area contributed by atoms with Crippen LogP contribution in [-0.2, 0) is 9.59 Å². The fourth-order valence-corrected chi connectivity index (χ4v) is 3.23. The number of carbonyl (C=O) groups is 2. The first kappa shape index (κ1) is 17.0. The Kier molecular flexibility index (Phi) is 4.64. The number of ketones is 1. The molecule has 2 aromatic rings. The summed E-state index contributed by atoms with van der Waals surface area (Å²) in [5.41, 5.74) is 1.31. The van der Waals surface area contributed by atoms with Crippen LogP contribution in [0.1, 0.15) is 17.2 Å². The number of halogens is 2. The van der Waals surface area contributed by atoms with Gasteiger partial charge in [0.2, 0.25) is 0 Å². The van der Waals surface area contributed by atoms with Crippen molar-refractivity contribution in [2.24, 2.45) is 0 Å². The van der Waals surface area contributed by atoms with E-state index in [-0.39, 0.29) is 11.3 Å². The predicted octanol–water partition coefficient (Wildman–Crippen LogP) is 4.00. The van der Waals surface area contributed by atoms with Crippen molar-refractivity contribution in [3.8, 4) is 0 Å². The molecule has 1 heterocycles. The van der Waals surface area contributed by atoms with Gasteiger partial charge in [0.25, 0.3) is 11.7 Å². The Balaban J connectivity index is 2.16. The van der Waals surface area contributed by atoms with Crippen molar-refractivity contribution < 1.29 is 14.7 Å². The molecule has 0 bridgehead atoms. The molecule has 1 fully saturated rings. The fourth-order valence-electron chi connectivity index (χ4n) is 2.75. The van der Waals surface area contributed by atoms with Gasteiger partial charge in [-0.3, -0.25) is 9.59 Å². The van der Waals surface area contributed by atoms with Crippen molar-refractivity contribution in [2.45, 2.75) is 6.04 Å². The molecule has 1 saturated heterocycles. The summed E-state index contributed by atoms with van der Waals surface area (Å²) in [4.78, 5) is 25.9. The second-order valence-corrected chi connectivity index (χ2v) is 7.15. The molecule has 0 radical (unpaired) electrons. The van der Waals surface area contributed by atoms with Crippen LogP contribution in [0.3, 0.4) is 0 Å². The number of Topliss-reactive ketones (excluding diaryl/α,β-unsaturated/α-hetero) is 1. The van der Waals surface area contributed by atoms with Crippen LogP contribution in [0, 0.1) is 3.57 Å². The quantitative estimate of drug-likeness (QED) is 0.324. The Labute approximate surface area is 157 Å². The Hall–Kier alpha value is -1.86. The van der Waals surface area contributed by atoms with Gasteiger partial charge in [-0.05, 0) is 64.6 Å². The number of rotatable bonds is 2. The smallest absolute Gasteiger partial charge is 0.295 e. The molecule has 1 N–H and O–H groups in total. The molecule has 1 amide bonds. The maximum absolute atomic E-state index is 12.4. The van der Waals surface area contributed by atoms with E-state index in [1.54, 1.807) is 31.3 Å². The second-order valence-electron chi connectivity index (χ2n) is 5.47. The minimum atomic E-state index is -0.687. The standard InChI is InChI=1S/C18H13ClINO3/c1-21-15(10-4-8-13(20)9-5-10)14(17(23)18(21)24)16(22)11-2-6-12(19)7-3-11/h2-9,15,22H,1H3/t15-/m0/s1. The zero-order valence-corrected chi connectivity index (χ0v) is 15.6. The number of hydrogen-bond donors (Lipinski definition) is 1. The van der Waals surface area contributed by atoms with Crippen molar-refractivity contribution in [1.82, 2.24) is 4.90 Å². The Bertz CT molecular complexity index is 844. The van der Waals surface area contributed by atoms with Gasteiger partial charge >= 0.3 is 0 Å². The van der Waals surface area contributed by atoms with Crippen molar-refractivity contribution in [2.75, 3.05) is 7.05 Å². The number of benzene rings is 2. The van der Waals surface area contributed by atoms with Gasteiger partial charge in [0.15, 0.2) is 0 Å². The zero-order chi connectivity index (χ0) is 17.4. The predicted molar refractivity (Wildman–Crippen MR) is 101 cm³/mol. The minimum Gasteiger partial charge on any atom is -0.507 e. The van der Waals surface area contributed by atoms with Crippen LogP contribution in [0.2, 0.25) is 5.02 Å². The summed E-state index contributed by atoms with van der Waals surface area (Å²) in [6, 6.07) is 13.4. The van der Waals surface area contributed by atoms with Crippen molar-refractivity contribution >= 4 is 51.6 Å². The lowest BCUT2D eigenvalue weighted by Crippen LogP contribution is -2.24. The molecule has 0 spiro atoms.